The maximum atomic E-state index is 8.92. The molecule has 0 aliphatic heterocycles. The number of hydrogen-bond acceptors (Lipinski definition) is 4. The highest BCUT2D eigenvalue weighted by Gasteiger charge is 2.14. The molecular formula is C12H20N4O. The Morgan fingerprint density at radius 3 is 2.82 bits per heavy atom. The number of ether oxygens (including phenoxy) is 1. The molecule has 94 valence electrons. The second-order valence-electron chi connectivity index (χ2n) is 4.07. The molecule has 1 N–H and O–H groups in total. The first-order chi connectivity index (χ1) is 8.11. The molecule has 0 aromatic carbocycles. The third kappa shape index (κ3) is 3.29. The highest BCUT2D eigenvalue weighted by atomic mass is 16.5. The number of hydrogen-bond donors (Lipinski definition) is 1. The number of aryl methyl sites for hydroxylation is 1. The average molecular weight is 236 g/mol. The van der Waals surface area contributed by atoms with E-state index < -0.39 is 0 Å². The van der Waals surface area contributed by atoms with Gasteiger partial charge in [0.25, 0.3) is 0 Å². The Labute approximate surface area is 102 Å². The topological polar surface area (TPSA) is 62.9 Å². The molecule has 0 fully saturated rings. The Hall–Kier alpha value is -1.38. The van der Waals surface area contributed by atoms with E-state index in [9.17, 15) is 0 Å². The second-order valence-corrected chi connectivity index (χ2v) is 4.07. The standard InChI is InChI=1S/C12H20N4O/c1-9(7-13)16-11(3)12(10(2)15-16)8-14-5-6-17-4/h9,14H,5-6,8H2,1-4H3. The fraction of sp³-hybridized carbons (Fsp3) is 0.667. The maximum Gasteiger partial charge on any atom is 0.136 e. The molecule has 0 aliphatic carbocycles. The lowest BCUT2D eigenvalue weighted by Crippen LogP contribution is -2.19. The highest BCUT2D eigenvalue weighted by Crippen LogP contribution is 2.16. The second kappa shape index (κ2) is 6.38. The number of nitrogens with zero attached hydrogens (tertiary/aromatic N) is 3. The third-order valence-electron chi connectivity index (χ3n) is 2.81. The quantitative estimate of drug-likeness (QED) is 0.757. The van der Waals surface area contributed by atoms with Gasteiger partial charge < -0.3 is 10.1 Å². The number of aromatic nitrogens is 2. The summed E-state index contributed by atoms with van der Waals surface area (Å²) in [6.07, 6.45) is 0. The number of nitriles is 1. The molecule has 0 saturated heterocycles. The van der Waals surface area contributed by atoms with E-state index in [0.29, 0.717) is 6.61 Å². The predicted octanol–water partition coefficient (Wildman–Crippen LogP) is 1.32. The van der Waals surface area contributed by atoms with Gasteiger partial charge in [0.2, 0.25) is 0 Å². The lowest BCUT2D eigenvalue weighted by atomic mass is 10.2. The van der Waals surface area contributed by atoms with Crippen LogP contribution in [0.1, 0.15) is 29.9 Å². The van der Waals surface area contributed by atoms with Gasteiger partial charge in [-0.1, -0.05) is 0 Å². The minimum atomic E-state index is -0.221. The van der Waals surface area contributed by atoms with Crippen LogP contribution >= 0.6 is 0 Å². The van der Waals surface area contributed by atoms with Crippen molar-refractivity contribution in [2.24, 2.45) is 0 Å². The van der Waals surface area contributed by atoms with Crippen LogP contribution in [0.2, 0.25) is 0 Å². The van der Waals surface area contributed by atoms with Crippen LogP contribution in [0.15, 0.2) is 0 Å². The number of rotatable bonds is 6. The fourth-order valence-electron chi connectivity index (χ4n) is 1.77. The van der Waals surface area contributed by atoms with Gasteiger partial charge >= 0.3 is 0 Å². The van der Waals surface area contributed by atoms with Gasteiger partial charge in [0.15, 0.2) is 0 Å². The van der Waals surface area contributed by atoms with E-state index >= 15 is 0 Å². The molecule has 5 nitrogen and oxygen atoms in total. The summed E-state index contributed by atoms with van der Waals surface area (Å²) in [5.74, 6) is 0. The monoisotopic (exact) mass is 236 g/mol. The van der Waals surface area contributed by atoms with E-state index in [4.69, 9.17) is 10.00 Å². The van der Waals surface area contributed by atoms with Crippen LogP contribution < -0.4 is 5.32 Å². The molecule has 1 heterocycles. The largest absolute Gasteiger partial charge is 0.383 e. The first kappa shape index (κ1) is 13.7. The first-order valence-corrected chi connectivity index (χ1v) is 5.75. The summed E-state index contributed by atoms with van der Waals surface area (Å²) in [5.41, 5.74) is 3.21. The van der Waals surface area contributed by atoms with Crippen molar-refractivity contribution in [1.29, 1.82) is 5.26 Å². The van der Waals surface area contributed by atoms with E-state index in [1.807, 2.05) is 20.8 Å². The van der Waals surface area contributed by atoms with Crippen molar-refractivity contribution in [1.82, 2.24) is 15.1 Å². The average Bonchev–Trinajstić information content (AvgIpc) is 2.60. The lowest BCUT2D eigenvalue weighted by molar-refractivity contribution is 0.199. The first-order valence-electron chi connectivity index (χ1n) is 5.75. The van der Waals surface area contributed by atoms with Crippen LogP contribution in [0.3, 0.4) is 0 Å². The molecular weight excluding hydrogens is 216 g/mol. The fourth-order valence-corrected chi connectivity index (χ4v) is 1.77. The zero-order valence-corrected chi connectivity index (χ0v) is 10.9. The summed E-state index contributed by atoms with van der Waals surface area (Å²) >= 11 is 0. The molecule has 0 bridgehead atoms. The van der Waals surface area contributed by atoms with Crippen molar-refractivity contribution in [2.45, 2.75) is 33.4 Å². The molecule has 0 amide bonds. The summed E-state index contributed by atoms with van der Waals surface area (Å²) in [6, 6.07) is 1.98. The Bertz CT molecular complexity index is 405. The molecule has 0 aliphatic rings. The molecule has 0 radical (unpaired) electrons. The van der Waals surface area contributed by atoms with Gasteiger partial charge in [-0.25, -0.2) is 0 Å². The van der Waals surface area contributed by atoms with Gasteiger partial charge in [0.1, 0.15) is 6.04 Å². The summed E-state index contributed by atoms with van der Waals surface area (Å²) in [7, 11) is 1.69. The SMILES string of the molecule is COCCNCc1c(C)nn(C(C)C#N)c1C. The van der Waals surface area contributed by atoms with E-state index in [1.54, 1.807) is 11.8 Å². The normalized spacial score (nSPS) is 12.4. The lowest BCUT2D eigenvalue weighted by Gasteiger charge is -2.07. The molecule has 17 heavy (non-hydrogen) atoms. The van der Waals surface area contributed by atoms with Crippen molar-refractivity contribution in [2.75, 3.05) is 20.3 Å². The van der Waals surface area contributed by atoms with Gasteiger partial charge in [-0.05, 0) is 20.8 Å². The summed E-state index contributed by atoms with van der Waals surface area (Å²) in [6.45, 7) is 8.10. The van der Waals surface area contributed by atoms with Crippen molar-refractivity contribution in [3.63, 3.8) is 0 Å². The smallest absolute Gasteiger partial charge is 0.136 e. The Morgan fingerprint density at radius 2 is 2.24 bits per heavy atom. The van der Waals surface area contributed by atoms with Crippen molar-refractivity contribution in [3.05, 3.63) is 17.0 Å². The molecule has 1 rings (SSSR count). The van der Waals surface area contributed by atoms with Crippen LogP contribution in [-0.2, 0) is 11.3 Å². The summed E-state index contributed by atoms with van der Waals surface area (Å²) < 4.78 is 6.76. The molecule has 0 spiro atoms. The van der Waals surface area contributed by atoms with Crippen LogP contribution in [0.25, 0.3) is 0 Å². The van der Waals surface area contributed by atoms with Crippen molar-refractivity contribution >= 4 is 0 Å². The molecule has 1 aromatic heterocycles. The number of methoxy groups -OCH3 is 1. The number of nitrogens with one attached hydrogen (secondary N) is 1. The van der Waals surface area contributed by atoms with Gasteiger partial charge in [-0.2, -0.15) is 10.4 Å². The third-order valence-corrected chi connectivity index (χ3v) is 2.81. The minimum absolute atomic E-state index is 0.221. The van der Waals surface area contributed by atoms with Crippen LogP contribution in [0, 0.1) is 25.2 Å². The van der Waals surface area contributed by atoms with Crippen molar-refractivity contribution < 1.29 is 4.74 Å². The van der Waals surface area contributed by atoms with Gasteiger partial charge in [0.05, 0.1) is 18.4 Å². The highest BCUT2D eigenvalue weighted by molar-refractivity contribution is 5.25. The Kier molecular flexibility index (Phi) is 5.13. The molecule has 1 atom stereocenters. The van der Waals surface area contributed by atoms with E-state index in [2.05, 4.69) is 16.5 Å². The van der Waals surface area contributed by atoms with E-state index in [-0.39, 0.29) is 6.04 Å². The predicted molar refractivity (Wildman–Crippen MR) is 65.6 cm³/mol. The van der Waals surface area contributed by atoms with Gasteiger partial charge in [0, 0.05) is 31.5 Å². The van der Waals surface area contributed by atoms with Crippen LogP contribution in [-0.4, -0.2) is 30.0 Å². The van der Waals surface area contributed by atoms with Crippen LogP contribution in [0.5, 0.6) is 0 Å². The molecule has 1 aromatic rings. The summed E-state index contributed by atoms with van der Waals surface area (Å²) in [5, 5.41) is 16.6. The molecule has 0 saturated carbocycles. The van der Waals surface area contributed by atoms with Gasteiger partial charge in [-0.15, -0.1) is 0 Å². The molecule has 5 heteroatoms. The van der Waals surface area contributed by atoms with Gasteiger partial charge in [-0.3, -0.25) is 4.68 Å². The maximum absolute atomic E-state index is 8.92. The zero-order valence-electron chi connectivity index (χ0n) is 10.9. The van der Waals surface area contributed by atoms with E-state index in [0.717, 1.165) is 24.5 Å². The Balaban J connectivity index is 2.73. The minimum Gasteiger partial charge on any atom is -0.383 e. The van der Waals surface area contributed by atoms with E-state index in [1.165, 1.54) is 5.56 Å². The molecule has 1 unspecified atom stereocenters. The van der Waals surface area contributed by atoms with Crippen molar-refractivity contribution in [3.8, 4) is 6.07 Å². The Morgan fingerprint density at radius 1 is 1.53 bits per heavy atom. The summed E-state index contributed by atoms with van der Waals surface area (Å²) in [4.78, 5) is 0. The zero-order chi connectivity index (χ0) is 12.8. The van der Waals surface area contributed by atoms with Crippen LogP contribution in [0.4, 0.5) is 0 Å².